The van der Waals surface area contributed by atoms with Crippen molar-refractivity contribution in [3.05, 3.63) is 59.2 Å². The van der Waals surface area contributed by atoms with Crippen molar-refractivity contribution in [3.8, 4) is 11.4 Å². The number of tetrazole rings is 1. The molecule has 3 aromatic rings. The predicted molar refractivity (Wildman–Crippen MR) is 103 cm³/mol. The molecular weight excluding hydrogens is 340 g/mol. The van der Waals surface area contributed by atoms with Gasteiger partial charge in [-0.3, -0.25) is 4.79 Å². The number of nitrogen functional groups attached to an aromatic ring is 1. The maximum atomic E-state index is 12.5. The van der Waals surface area contributed by atoms with Crippen molar-refractivity contribution in [2.45, 2.75) is 38.8 Å². The average Bonchev–Trinajstić information content (AvgIpc) is 3.10. The zero-order chi connectivity index (χ0) is 18.8. The van der Waals surface area contributed by atoms with Crippen LogP contribution in [-0.4, -0.2) is 26.1 Å². The van der Waals surface area contributed by atoms with E-state index in [2.05, 4.69) is 20.7 Å². The molecule has 7 nitrogen and oxygen atoms in total. The molecule has 0 bridgehead atoms. The fourth-order valence-corrected chi connectivity index (χ4v) is 3.48. The van der Waals surface area contributed by atoms with Gasteiger partial charge in [0.15, 0.2) is 0 Å². The van der Waals surface area contributed by atoms with Crippen LogP contribution < -0.4 is 11.1 Å². The van der Waals surface area contributed by atoms with Crippen LogP contribution in [0.5, 0.6) is 0 Å². The quantitative estimate of drug-likeness (QED) is 0.695. The molecule has 0 fully saturated rings. The number of aromatic nitrogens is 4. The third-order valence-corrected chi connectivity index (χ3v) is 4.86. The van der Waals surface area contributed by atoms with E-state index in [0.717, 1.165) is 36.1 Å². The van der Waals surface area contributed by atoms with E-state index in [0.29, 0.717) is 5.82 Å². The summed E-state index contributed by atoms with van der Waals surface area (Å²) < 4.78 is 0. The van der Waals surface area contributed by atoms with Crippen LogP contribution >= 0.6 is 0 Å². The Kier molecular flexibility index (Phi) is 4.58. The van der Waals surface area contributed by atoms with Gasteiger partial charge in [-0.15, -0.1) is 10.2 Å². The number of nitrogens with zero attached hydrogens (tertiary/aromatic N) is 4. The summed E-state index contributed by atoms with van der Waals surface area (Å²) in [6.07, 6.45) is 2.94. The number of benzene rings is 2. The van der Waals surface area contributed by atoms with Crippen LogP contribution in [0.4, 0.5) is 5.69 Å². The van der Waals surface area contributed by atoms with Crippen molar-refractivity contribution >= 4 is 11.6 Å². The van der Waals surface area contributed by atoms with Crippen LogP contribution in [-0.2, 0) is 17.8 Å². The van der Waals surface area contributed by atoms with E-state index >= 15 is 0 Å². The molecule has 138 valence electrons. The molecule has 1 heterocycles. The first-order valence-electron chi connectivity index (χ1n) is 9.11. The van der Waals surface area contributed by atoms with Crippen molar-refractivity contribution in [1.29, 1.82) is 0 Å². The molecule has 0 aliphatic heterocycles. The molecule has 0 saturated heterocycles. The number of carbonyl (C=O) groups excluding carboxylic acids is 1. The molecule has 27 heavy (non-hydrogen) atoms. The molecule has 0 spiro atoms. The maximum absolute atomic E-state index is 12.5. The van der Waals surface area contributed by atoms with Crippen LogP contribution in [0.2, 0.25) is 0 Å². The summed E-state index contributed by atoms with van der Waals surface area (Å²) in [5.41, 5.74) is 11.0. The second kappa shape index (κ2) is 7.19. The predicted octanol–water partition coefficient (Wildman–Crippen LogP) is 2.42. The normalized spacial score (nSPS) is 16.0. The van der Waals surface area contributed by atoms with Gasteiger partial charge < -0.3 is 11.1 Å². The molecule has 1 aromatic heterocycles. The Morgan fingerprint density at radius 3 is 2.89 bits per heavy atom. The standard InChI is InChI=1S/C20H22N6O/c1-13-5-7-14(8-6-13)20-23-25-26(24-20)12-19(27)22-18-4-2-3-15-11-16(21)9-10-17(15)18/h5-11,18H,2-4,12,21H2,1H3,(H,22,27). The molecule has 1 atom stereocenters. The summed E-state index contributed by atoms with van der Waals surface area (Å²) >= 11 is 0. The highest BCUT2D eigenvalue weighted by molar-refractivity contribution is 5.76. The number of hydrogen-bond donors (Lipinski definition) is 2. The van der Waals surface area contributed by atoms with Crippen molar-refractivity contribution < 1.29 is 4.79 Å². The number of amides is 1. The van der Waals surface area contributed by atoms with Gasteiger partial charge in [0.25, 0.3) is 0 Å². The topological polar surface area (TPSA) is 98.7 Å². The fraction of sp³-hybridized carbons (Fsp3) is 0.300. The van der Waals surface area contributed by atoms with E-state index in [1.807, 2.05) is 49.4 Å². The molecule has 2 aromatic carbocycles. The number of aryl methyl sites for hydroxylation is 2. The van der Waals surface area contributed by atoms with Gasteiger partial charge in [0.05, 0.1) is 6.04 Å². The van der Waals surface area contributed by atoms with E-state index in [1.165, 1.54) is 15.9 Å². The number of rotatable bonds is 4. The minimum atomic E-state index is -0.127. The SMILES string of the molecule is Cc1ccc(-c2nnn(CC(=O)NC3CCCc4cc(N)ccc43)n2)cc1. The lowest BCUT2D eigenvalue weighted by molar-refractivity contribution is -0.122. The summed E-state index contributed by atoms with van der Waals surface area (Å²) in [7, 11) is 0. The number of anilines is 1. The van der Waals surface area contributed by atoms with Gasteiger partial charge in [-0.25, -0.2) is 0 Å². The van der Waals surface area contributed by atoms with Crippen molar-refractivity contribution in [1.82, 2.24) is 25.5 Å². The van der Waals surface area contributed by atoms with E-state index < -0.39 is 0 Å². The van der Waals surface area contributed by atoms with Crippen molar-refractivity contribution in [2.75, 3.05) is 5.73 Å². The van der Waals surface area contributed by atoms with Gasteiger partial charge >= 0.3 is 0 Å². The largest absolute Gasteiger partial charge is 0.399 e. The van der Waals surface area contributed by atoms with Crippen molar-refractivity contribution in [3.63, 3.8) is 0 Å². The van der Waals surface area contributed by atoms with E-state index in [9.17, 15) is 4.79 Å². The summed E-state index contributed by atoms with van der Waals surface area (Å²) in [6, 6.07) is 13.8. The third kappa shape index (κ3) is 3.81. The molecule has 0 radical (unpaired) electrons. The van der Waals surface area contributed by atoms with Crippen LogP contribution in [0, 0.1) is 6.92 Å². The van der Waals surface area contributed by atoms with Crippen LogP contribution in [0.25, 0.3) is 11.4 Å². The highest BCUT2D eigenvalue weighted by Crippen LogP contribution is 2.30. The average molecular weight is 362 g/mol. The van der Waals surface area contributed by atoms with E-state index in [4.69, 9.17) is 5.73 Å². The maximum Gasteiger partial charge on any atom is 0.244 e. The first kappa shape index (κ1) is 17.2. The van der Waals surface area contributed by atoms with Gasteiger partial charge in [0.1, 0.15) is 6.54 Å². The summed E-state index contributed by atoms with van der Waals surface area (Å²) in [5, 5.41) is 15.5. The Balaban J connectivity index is 1.43. The molecule has 1 aliphatic rings. The first-order chi connectivity index (χ1) is 13.1. The zero-order valence-electron chi connectivity index (χ0n) is 15.2. The summed E-state index contributed by atoms with van der Waals surface area (Å²) in [6.45, 7) is 2.07. The second-order valence-electron chi connectivity index (χ2n) is 6.98. The molecule has 3 N–H and O–H groups in total. The number of hydrogen-bond acceptors (Lipinski definition) is 5. The number of carbonyl (C=O) groups is 1. The van der Waals surface area contributed by atoms with Crippen LogP contribution in [0.3, 0.4) is 0 Å². The van der Waals surface area contributed by atoms with Gasteiger partial charge in [-0.05, 0) is 54.7 Å². The van der Waals surface area contributed by atoms with Crippen LogP contribution in [0.15, 0.2) is 42.5 Å². The lowest BCUT2D eigenvalue weighted by Gasteiger charge is -2.26. The second-order valence-corrected chi connectivity index (χ2v) is 6.98. The smallest absolute Gasteiger partial charge is 0.244 e. The Morgan fingerprint density at radius 1 is 1.26 bits per heavy atom. The zero-order valence-corrected chi connectivity index (χ0v) is 15.2. The third-order valence-electron chi connectivity index (χ3n) is 4.86. The number of nitrogens with two attached hydrogens (primary N) is 1. The molecule has 4 rings (SSSR count). The van der Waals surface area contributed by atoms with E-state index in [1.54, 1.807) is 0 Å². The molecule has 1 aliphatic carbocycles. The molecule has 1 unspecified atom stereocenters. The van der Waals surface area contributed by atoms with Gasteiger partial charge in [-0.1, -0.05) is 35.9 Å². The first-order valence-corrected chi connectivity index (χ1v) is 9.11. The molecule has 0 saturated carbocycles. The van der Waals surface area contributed by atoms with Gasteiger partial charge in [0.2, 0.25) is 11.7 Å². The fourth-order valence-electron chi connectivity index (χ4n) is 3.48. The Bertz CT molecular complexity index is 963. The van der Waals surface area contributed by atoms with Crippen molar-refractivity contribution in [2.24, 2.45) is 0 Å². The van der Waals surface area contributed by atoms with E-state index in [-0.39, 0.29) is 18.5 Å². The molecule has 7 heteroatoms. The Labute approximate surface area is 157 Å². The lowest BCUT2D eigenvalue weighted by atomic mass is 9.87. The Hall–Kier alpha value is -3.22. The Morgan fingerprint density at radius 2 is 2.07 bits per heavy atom. The summed E-state index contributed by atoms with van der Waals surface area (Å²) in [5.74, 6) is 0.388. The lowest BCUT2D eigenvalue weighted by Crippen LogP contribution is -2.34. The monoisotopic (exact) mass is 362 g/mol. The highest BCUT2D eigenvalue weighted by Gasteiger charge is 2.22. The minimum absolute atomic E-state index is 0.00180. The minimum Gasteiger partial charge on any atom is -0.399 e. The van der Waals surface area contributed by atoms with Crippen LogP contribution in [0.1, 0.15) is 35.6 Å². The summed E-state index contributed by atoms with van der Waals surface area (Å²) in [4.78, 5) is 13.8. The molecular formula is C20H22N6O. The molecule has 1 amide bonds. The highest BCUT2D eigenvalue weighted by atomic mass is 16.2. The number of nitrogens with one attached hydrogen (secondary N) is 1. The van der Waals surface area contributed by atoms with Gasteiger partial charge in [-0.2, -0.15) is 4.80 Å². The van der Waals surface area contributed by atoms with Gasteiger partial charge in [0, 0.05) is 11.3 Å². The number of fused-ring (bicyclic) bond motifs is 1.